The average Bonchev–Trinajstić information content (AvgIpc) is 2.98. The second-order valence-corrected chi connectivity index (χ2v) is 3.65. The minimum Gasteiger partial charge on any atom is -0.400 e. The number of rotatable bonds is 0. The summed E-state index contributed by atoms with van der Waals surface area (Å²) in [6.45, 7) is 6.21. The Labute approximate surface area is 99.6 Å². The summed E-state index contributed by atoms with van der Waals surface area (Å²) < 4.78 is 10.3. The van der Waals surface area contributed by atoms with Gasteiger partial charge in [0.2, 0.25) is 0 Å². The predicted molar refractivity (Wildman–Crippen MR) is 65.6 cm³/mol. The molecule has 4 heteroatoms. The third kappa shape index (κ3) is 11.9. The molecule has 2 atom stereocenters. The number of hydrogen-bond acceptors (Lipinski definition) is 4. The largest absolute Gasteiger partial charge is 0.400 e. The molecule has 2 saturated heterocycles. The molecular formula is C12H28O4. The minimum absolute atomic E-state index is 0.546. The molecule has 0 radical (unpaired) electrons. The molecule has 2 fully saturated rings. The van der Waals surface area contributed by atoms with Crippen LogP contribution in [0.1, 0.15) is 39.5 Å². The molecule has 4 nitrogen and oxygen atoms in total. The first-order valence-electron chi connectivity index (χ1n) is 5.91. The van der Waals surface area contributed by atoms with Crippen LogP contribution in [0.4, 0.5) is 0 Å². The van der Waals surface area contributed by atoms with Gasteiger partial charge in [-0.05, 0) is 39.5 Å². The number of hydrogen-bond donors (Lipinski definition) is 2. The van der Waals surface area contributed by atoms with Crippen molar-refractivity contribution in [1.29, 1.82) is 0 Å². The van der Waals surface area contributed by atoms with E-state index in [1.807, 2.05) is 0 Å². The Kier molecular flexibility index (Phi) is 16.9. The Bertz CT molecular complexity index is 93.6. The Balaban J connectivity index is 0. The minimum atomic E-state index is 0.546. The highest BCUT2D eigenvalue weighted by molar-refractivity contribution is 4.56. The van der Waals surface area contributed by atoms with Gasteiger partial charge in [0.05, 0.1) is 12.2 Å². The SMILES string of the molecule is CC1CCCO1.CC1CCCO1.CO.CO. The normalized spacial score (nSPS) is 26.6. The van der Waals surface area contributed by atoms with E-state index in [-0.39, 0.29) is 0 Å². The van der Waals surface area contributed by atoms with Gasteiger partial charge in [0.1, 0.15) is 0 Å². The van der Waals surface area contributed by atoms with Crippen LogP contribution in [0.2, 0.25) is 0 Å². The van der Waals surface area contributed by atoms with Crippen molar-refractivity contribution in [3.8, 4) is 0 Å². The van der Waals surface area contributed by atoms with Gasteiger partial charge in [-0.3, -0.25) is 0 Å². The highest BCUT2D eigenvalue weighted by atomic mass is 16.5. The second-order valence-electron chi connectivity index (χ2n) is 3.65. The zero-order valence-electron chi connectivity index (χ0n) is 11.1. The van der Waals surface area contributed by atoms with Crippen molar-refractivity contribution in [1.82, 2.24) is 0 Å². The molecule has 0 saturated carbocycles. The van der Waals surface area contributed by atoms with Gasteiger partial charge >= 0.3 is 0 Å². The van der Waals surface area contributed by atoms with Crippen LogP contribution in [-0.4, -0.2) is 49.9 Å². The number of aliphatic hydroxyl groups is 2. The predicted octanol–water partition coefficient (Wildman–Crippen LogP) is 1.59. The molecule has 2 aliphatic rings. The lowest BCUT2D eigenvalue weighted by molar-refractivity contribution is 0.125. The van der Waals surface area contributed by atoms with E-state index in [0.717, 1.165) is 27.4 Å². The third-order valence-electron chi connectivity index (χ3n) is 2.31. The molecule has 16 heavy (non-hydrogen) atoms. The molecule has 0 aromatic heterocycles. The molecule has 0 aromatic rings. The molecule has 2 rings (SSSR count). The van der Waals surface area contributed by atoms with Crippen molar-refractivity contribution in [3.63, 3.8) is 0 Å². The zero-order chi connectivity index (χ0) is 12.8. The van der Waals surface area contributed by atoms with Crippen molar-refractivity contribution in [2.75, 3.05) is 27.4 Å². The highest BCUT2D eigenvalue weighted by Crippen LogP contribution is 2.09. The zero-order valence-corrected chi connectivity index (χ0v) is 11.1. The number of ether oxygens (including phenoxy) is 2. The van der Waals surface area contributed by atoms with Crippen LogP contribution >= 0.6 is 0 Å². The van der Waals surface area contributed by atoms with Gasteiger partial charge in [-0.1, -0.05) is 0 Å². The highest BCUT2D eigenvalue weighted by Gasteiger charge is 2.07. The summed E-state index contributed by atoms with van der Waals surface area (Å²) in [7, 11) is 2.00. The fourth-order valence-corrected chi connectivity index (χ4v) is 1.48. The van der Waals surface area contributed by atoms with Crippen LogP contribution in [0.25, 0.3) is 0 Å². The Morgan fingerprint density at radius 3 is 1.12 bits per heavy atom. The first-order valence-corrected chi connectivity index (χ1v) is 5.91. The van der Waals surface area contributed by atoms with Crippen LogP contribution in [0.5, 0.6) is 0 Å². The summed E-state index contributed by atoms with van der Waals surface area (Å²) in [4.78, 5) is 0. The van der Waals surface area contributed by atoms with Crippen molar-refractivity contribution in [3.05, 3.63) is 0 Å². The van der Waals surface area contributed by atoms with Gasteiger partial charge in [0.25, 0.3) is 0 Å². The molecule has 2 unspecified atom stereocenters. The summed E-state index contributed by atoms with van der Waals surface area (Å²) in [6, 6.07) is 0. The van der Waals surface area contributed by atoms with E-state index < -0.39 is 0 Å². The van der Waals surface area contributed by atoms with E-state index in [1.165, 1.54) is 25.7 Å². The Hall–Kier alpha value is -0.160. The molecular weight excluding hydrogens is 208 g/mol. The van der Waals surface area contributed by atoms with E-state index in [9.17, 15) is 0 Å². The standard InChI is InChI=1S/2C5H10O.2CH4O/c2*1-5-3-2-4-6-5;2*1-2/h2*5H,2-4H2,1H3;2*2H,1H3. The first kappa shape index (κ1) is 18.2. The molecule has 0 amide bonds. The van der Waals surface area contributed by atoms with Crippen molar-refractivity contribution in [2.24, 2.45) is 0 Å². The summed E-state index contributed by atoms with van der Waals surface area (Å²) in [6.07, 6.45) is 6.15. The lowest BCUT2D eigenvalue weighted by Gasteiger charge is -1.94. The van der Waals surface area contributed by atoms with E-state index in [0.29, 0.717) is 12.2 Å². The maximum absolute atomic E-state index is 7.00. The summed E-state index contributed by atoms with van der Waals surface area (Å²) in [5, 5.41) is 14.0. The van der Waals surface area contributed by atoms with Crippen molar-refractivity contribution in [2.45, 2.75) is 51.7 Å². The lowest BCUT2D eigenvalue weighted by atomic mass is 10.3. The fraction of sp³-hybridized carbons (Fsp3) is 1.00. The molecule has 2 N–H and O–H groups in total. The lowest BCUT2D eigenvalue weighted by Crippen LogP contribution is -1.94. The average molecular weight is 236 g/mol. The third-order valence-corrected chi connectivity index (χ3v) is 2.31. The Morgan fingerprint density at radius 1 is 0.750 bits per heavy atom. The Morgan fingerprint density at radius 2 is 1.06 bits per heavy atom. The summed E-state index contributed by atoms with van der Waals surface area (Å²) in [5.74, 6) is 0. The first-order chi connectivity index (χ1) is 7.79. The van der Waals surface area contributed by atoms with E-state index >= 15 is 0 Å². The van der Waals surface area contributed by atoms with Gasteiger partial charge in [-0.2, -0.15) is 0 Å². The van der Waals surface area contributed by atoms with Crippen LogP contribution < -0.4 is 0 Å². The summed E-state index contributed by atoms with van der Waals surface area (Å²) >= 11 is 0. The molecule has 0 aromatic carbocycles. The van der Waals surface area contributed by atoms with Crippen molar-refractivity contribution < 1.29 is 19.7 Å². The van der Waals surface area contributed by atoms with Gasteiger partial charge in [-0.25, -0.2) is 0 Å². The topological polar surface area (TPSA) is 58.9 Å². The molecule has 0 aliphatic carbocycles. The monoisotopic (exact) mass is 236 g/mol. The van der Waals surface area contributed by atoms with Gasteiger partial charge < -0.3 is 19.7 Å². The van der Waals surface area contributed by atoms with E-state index in [2.05, 4.69) is 13.8 Å². The maximum atomic E-state index is 7.00. The van der Waals surface area contributed by atoms with Crippen LogP contribution in [-0.2, 0) is 9.47 Å². The molecule has 2 heterocycles. The smallest absolute Gasteiger partial charge is 0.0547 e. The summed E-state index contributed by atoms with van der Waals surface area (Å²) in [5.41, 5.74) is 0. The number of aliphatic hydroxyl groups excluding tert-OH is 2. The van der Waals surface area contributed by atoms with Gasteiger partial charge in [-0.15, -0.1) is 0 Å². The van der Waals surface area contributed by atoms with E-state index in [4.69, 9.17) is 19.7 Å². The molecule has 0 spiro atoms. The van der Waals surface area contributed by atoms with Crippen LogP contribution in [0.3, 0.4) is 0 Å². The molecule has 100 valence electrons. The maximum Gasteiger partial charge on any atom is 0.0547 e. The van der Waals surface area contributed by atoms with Crippen molar-refractivity contribution >= 4 is 0 Å². The van der Waals surface area contributed by atoms with Crippen LogP contribution in [0, 0.1) is 0 Å². The van der Waals surface area contributed by atoms with E-state index in [1.54, 1.807) is 0 Å². The quantitative estimate of drug-likeness (QED) is 0.670. The molecule has 0 bridgehead atoms. The fourth-order valence-electron chi connectivity index (χ4n) is 1.48. The second kappa shape index (κ2) is 14.8. The van der Waals surface area contributed by atoms with Gasteiger partial charge in [0.15, 0.2) is 0 Å². The van der Waals surface area contributed by atoms with Crippen LogP contribution in [0.15, 0.2) is 0 Å². The molecule has 2 aliphatic heterocycles. The van der Waals surface area contributed by atoms with Gasteiger partial charge in [0, 0.05) is 27.4 Å².